The molecule has 0 aromatic heterocycles. The molecule has 1 heterocycles. The van der Waals surface area contributed by atoms with Gasteiger partial charge in [-0.1, -0.05) is 41.9 Å². The average Bonchev–Trinajstić information content (AvgIpc) is 2.50. The molecule has 1 aliphatic heterocycles. The van der Waals surface area contributed by atoms with Crippen LogP contribution in [0.4, 0.5) is 0 Å². The summed E-state index contributed by atoms with van der Waals surface area (Å²) >= 11 is 3.48. The summed E-state index contributed by atoms with van der Waals surface area (Å²) in [6.45, 7) is 6.90. The highest BCUT2D eigenvalue weighted by atomic mass is 79.9. The topological polar surface area (TPSA) is 61.8 Å². The molecular weight excluding hydrogens is 376 g/mol. The zero-order valence-corrected chi connectivity index (χ0v) is 15.9. The largest absolute Gasteiger partial charge is 0.463 e. The van der Waals surface area contributed by atoms with Gasteiger partial charge in [-0.3, -0.25) is 9.59 Å². The normalized spacial score (nSPS) is 29.8. The van der Waals surface area contributed by atoms with E-state index >= 15 is 0 Å². The lowest BCUT2D eigenvalue weighted by Crippen LogP contribution is -2.50. The second-order valence-corrected chi connectivity index (χ2v) is 7.16. The first-order valence-electron chi connectivity index (χ1n) is 8.01. The molecule has 0 spiro atoms. The Hall–Kier alpha value is -1.40. The lowest BCUT2D eigenvalue weighted by Gasteiger charge is -2.44. The fourth-order valence-corrected chi connectivity index (χ4v) is 3.49. The minimum atomic E-state index is -0.493. The molecule has 132 valence electrons. The fourth-order valence-electron chi connectivity index (χ4n) is 3.08. The van der Waals surface area contributed by atoms with E-state index in [1.165, 1.54) is 13.8 Å². The SMILES string of the molecule is CC(=O)OC[C@H]1OC(c2cccc(Br)c2)[C@@H](C)[C@@H](C)[C@@H]1OC(C)=O. The Labute approximate surface area is 150 Å². The number of carbonyl (C=O) groups is 2. The minimum Gasteiger partial charge on any atom is -0.463 e. The Bertz CT molecular complexity index is 603. The van der Waals surface area contributed by atoms with E-state index in [1.54, 1.807) is 0 Å². The van der Waals surface area contributed by atoms with Gasteiger partial charge in [0, 0.05) is 24.2 Å². The Morgan fingerprint density at radius 2 is 1.88 bits per heavy atom. The van der Waals surface area contributed by atoms with Gasteiger partial charge in [-0.05, 0) is 23.6 Å². The monoisotopic (exact) mass is 398 g/mol. The van der Waals surface area contributed by atoms with Crippen LogP contribution in [0.2, 0.25) is 0 Å². The molecule has 1 aromatic carbocycles. The molecule has 5 nitrogen and oxygen atoms in total. The highest BCUT2D eigenvalue weighted by Gasteiger charge is 2.44. The zero-order chi connectivity index (χ0) is 17.9. The van der Waals surface area contributed by atoms with Crippen molar-refractivity contribution in [3.63, 3.8) is 0 Å². The molecule has 6 heteroatoms. The number of halogens is 1. The molecule has 2 rings (SSSR count). The highest BCUT2D eigenvalue weighted by Crippen LogP contribution is 2.41. The number of benzene rings is 1. The van der Waals surface area contributed by atoms with Gasteiger partial charge in [0.25, 0.3) is 0 Å². The predicted octanol–water partition coefficient (Wildman–Crippen LogP) is 3.66. The van der Waals surface area contributed by atoms with Crippen LogP contribution in [-0.2, 0) is 23.8 Å². The van der Waals surface area contributed by atoms with Crippen LogP contribution < -0.4 is 0 Å². The van der Waals surface area contributed by atoms with Crippen molar-refractivity contribution in [1.82, 2.24) is 0 Å². The summed E-state index contributed by atoms with van der Waals surface area (Å²) in [5.41, 5.74) is 1.04. The summed E-state index contributed by atoms with van der Waals surface area (Å²) < 4.78 is 17.8. The van der Waals surface area contributed by atoms with Crippen molar-refractivity contribution >= 4 is 27.9 Å². The van der Waals surface area contributed by atoms with Gasteiger partial charge in [-0.2, -0.15) is 0 Å². The van der Waals surface area contributed by atoms with Gasteiger partial charge >= 0.3 is 11.9 Å². The second-order valence-electron chi connectivity index (χ2n) is 6.25. The van der Waals surface area contributed by atoms with Crippen molar-refractivity contribution in [2.45, 2.75) is 46.0 Å². The molecule has 0 bridgehead atoms. The van der Waals surface area contributed by atoms with E-state index in [4.69, 9.17) is 14.2 Å². The van der Waals surface area contributed by atoms with Crippen LogP contribution in [-0.4, -0.2) is 30.8 Å². The third kappa shape index (κ3) is 4.57. The highest BCUT2D eigenvalue weighted by molar-refractivity contribution is 9.10. The first-order chi connectivity index (χ1) is 11.3. The van der Waals surface area contributed by atoms with Crippen LogP contribution in [0.5, 0.6) is 0 Å². The van der Waals surface area contributed by atoms with Gasteiger partial charge in [-0.15, -0.1) is 0 Å². The van der Waals surface area contributed by atoms with E-state index in [1.807, 2.05) is 31.2 Å². The van der Waals surface area contributed by atoms with Crippen LogP contribution in [0, 0.1) is 11.8 Å². The summed E-state index contributed by atoms with van der Waals surface area (Å²) in [6, 6.07) is 7.94. The maximum Gasteiger partial charge on any atom is 0.303 e. The van der Waals surface area contributed by atoms with Crippen molar-refractivity contribution in [2.24, 2.45) is 11.8 Å². The molecule has 0 N–H and O–H groups in total. The maximum atomic E-state index is 11.5. The number of ether oxygens (including phenoxy) is 3. The van der Waals surface area contributed by atoms with E-state index in [0.717, 1.165) is 10.0 Å². The lowest BCUT2D eigenvalue weighted by molar-refractivity contribution is -0.207. The standard InChI is InChI=1S/C18H23BrO5/c1-10-11(2)18(23-13(4)21)16(9-22-12(3)20)24-17(10)14-6-5-7-15(19)8-14/h5-8,10-11,16-18H,9H2,1-4H3/t10-,11+,16+,17?,18-/m0/s1. The first kappa shape index (κ1) is 18.9. The molecule has 1 unspecified atom stereocenters. The lowest BCUT2D eigenvalue weighted by atomic mass is 9.79. The third-order valence-corrected chi connectivity index (χ3v) is 4.94. The summed E-state index contributed by atoms with van der Waals surface area (Å²) in [7, 11) is 0. The van der Waals surface area contributed by atoms with Crippen LogP contribution in [0.15, 0.2) is 28.7 Å². The third-order valence-electron chi connectivity index (χ3n) is 4.44. The molecule has 0 saturated carbocycles. The van der Waals surface area contributed by atoms with E-state index < -0.39 is 12.2 Å². The van der Waals surface area contributed by atoms with E-state index in [0.29, 0.717) is 0 Å². The number of esters is 2. The van der Waals surface area contributed by atoms with Crippen LogP contribution >= 0.6 is 15.9 Å². The van der Waals surface area contributed by atoms with E-state index in [9.17, 15) is 9.59 Å². The molecule has 24 heavy (non-hydrogen) atoms. The van der Waals surface area contributed by atoms with Gasteiger partial charge < -0.3 is 14.2 Å². The summed E-state index contributed by atoms with van der Waals surface area (Å²) in [4.78, 5) is 22.6. The van der Waals surface area contributed by atoms with Crippen molar-refractivity contribution < 1.29 is 23.8 Å². The van der Waals surface area contributed by atoms with Crippen LogP contribution in [0.25, 0.3) is 0 Å². The molecule has 1 fully saturated rings. The number of carbonyl (C=O) groups excluding carboxylic acids is 2. The molecule has 5 atom stereocenters. The van der Waals surface area contributed by atoms with Crippen molar-refractivity contribution in [3.05, 3.63) is 34.3 Å². The van der Waals surface area contributed by atoms with Crippen LogP contribution in [0.3, 0.4) is 0 Å². The Morgan fingerprint density at radius 1 is 1.17 bits per heavy atom. The molecule has 0 amide bonds. The van der Waals surface area contributed by atoms with Gasteiger partial charge in [0.2, 0.25) is 0 Å². The number of rotatable bonds is 4. The maximum absolute atomic E-state index is 11.5. The van der Waals surface area contributed by atoms with Gasteiger partial charge in [-0.25, -0.2) is 0 Å². The summed E-state index contributed by atoms with van der Waals surface area (Å²) in [5, 5.41) is 0. The van der Waals surface area contributed by atoms with Crippen molar-refractivity contribution in [3.8, 4) is 0 Å². The van der Waals surface area contributed by atoms with Crippen LogP contribution in [0.1, 0.15) is 39.4 Å². The van der Waals surface area contributed by atoms with Gasteiger partial charge in [0.15, 0.2) is 0 Å². The smallest absolute Gasteiger partial charge is 0.303 e. The predicted molar refractivity (Wildman–Crippen MR) is 92.3 cm³/mol. The molecule has 1 aromatic rings. The van der Waals surface area contributed by atoms with E-state index in [2.05, 4.69) is 22.9 Å². The van der Waals surface area contributed by atoms with Gasteiger partial charge in [0.1, 0.15) is 18.8 Å². The molecule has 0 aliphatic carbocycles. The molecule has 1 saturated heterocycles. The van der Waals surface area contributed by atoms with Crippen molar-refractivity contribution in [2.75, 3.05) is 6.61 Å². The average molecular weight is 399 g/mol. The molecular formula is C18H23BrO5. The van der Waals surface area contributed by atoms with Crippen molar-refractivity contribution in [1.29, 1.82) is 0 Å². The minimum absolute atomic E-state index is 0.0622. The zero-order valence-electron chi connectivity index (χ0n) is 14.3. The first-order valence-corrected chi connectivity index (χ1v) is 8.80. The summed E-state index contributed by atoms with van der Waals surface area (Å²) in [5.74, 6) is -0.550. The second kappa shape index (κ2) is 8.12. The van der Waals surface area contributed by atoms with E-state index in [-0.39, 0.29) is 36.5 Å². The molecule has 1 aliphatic rings. The fraction of sp³-hybridized carbons (Fsp3) is 0.556. The Morgan fingerprint density at radius 3 is 2.46 bits per heavy atom. The Kier molecular flexibility index (Phi) is 6.40. The Balaban J connectivity index is 2.26. The van der Waals surface area contributed by atoms with Gasteiger partial charge in [0.05, 0.1) is 6.10 Å². The molecule has 0 radical (unpaired) electrons. The number of hydrogen-bond donors (Lipinski definition) is 0. The quantitative estimate of drug-likeness (QED) is 0.724. The number of hydrogen-bond acceptors (Lipinski definition) is 5. The summed E-state index contributed by atoms with van der Waals surface area (Å²) in [6.07, 6.45) is -1.10.